The van der Waals surface area contributed by atoms with Crippen LogP contribution in [0.25, 0.3) is 11.1 Å². The molecule has 0 fully saturated rings. The SMILES string of the molecule is CCN(CC)CCc1cc(NC(=O)[O-])ccc1-c1ccccc1.Cl. The molecule has 0 aliphatic rings. The zero-order valence-electron chi connectivity index (χ0n) is 14.1. The van der Waals surface area contributed by atoms with Crippen LogP contribution in [0.15, 0.2) is 48.5 Å². The number of hydrogen-bond acceptors (Lipinski definition) is 3. The minimum absolute atomic E-state index is 0. The van der Waals surface area contributed by atoms with Crippen molar-refractivity contribution in [2.45, 2.75) is 20.3 Å². The third-order valence-electron chi connectivity index (χ3n) is 4.03. The summed E-state index contributed by atoms with van der Waals surface area (Å²) < 4.78 is 0. The first-order valence-electron chi connectivity index (χ1n) is 8.02. The summed E-state index contributed by atoms with van der Waals surface area (Å²) in [5.74, 6) is 0. The highest BCUT2D eigenvalue weighted by Gasteiger charge is 2.08. The molecule has 1 N–H and O–H groups in total. The van der Waals surface area contributed by atoms with Gasteiger partial charge in [-0.25, -0.2) is 0 Å². The molecule has 0 aliphatic carbocycles. The molecular formula is C19H24ClN2O2-. The van der Waals surface area contributed by atoms with Crippen molar-refractivity contribution in [1.82, 2.24) is 4.90 Å². The molecule has 0 spiro atoms. The van der Waals surface area contributed by atoms with Crippen LogP contribution in [0.3, 0.4) is 0 Å². The van der Waals surface area contributed by atoms with Gasteiger partial charge in [0.05, 0.1) is 0 Å². The lowest BCUT2D eigenvalue weighted by Gasteiger charge is -2.20. The average molecular weight is 348 g/mol. The highest BCUT2D eigenvalue weighted by molar-refractivity contribution is 5.85. The Labute approximate surface area is 149 Å². The second-order valence-electron chi connectivity index (χ2n) is 5.43. The number of likely N-dealkylation sites (N-methyl/N-ethyl adjacent to an activating group) is 1. The van der Waals surface area contributed by atoms with Crippen molar-refractivity contribution in [2.24, 2.45) is 0 Å². The number of hydrogen-bond donors (Lipinski definition) is 1. The number of rotatable bonds is 7. The van der Waals surface area contributed by atoms with Crippen LogP contribution in [0.5, 0.6) is 0 Å². The van der Waals surface area contributed by atoms with Crippen LogP contribution in [-0.4, -0.2) is 30.6 Å². The van der Waals surface area contributed by atoms with Gasteiger partial charge in [0.25, 0.3) is 0 Å². The Kier molecular flexibility index (Phi) is 8.30. The molecule has 1 amide bonds. The highest BCUT2D eigenvalue weighted by Crippen LogP contribution is 2.27. The lowest BCUT2D eigenvalue weighted by Crippen LogP contribution is -2.29. The number of nitrogens with one attached hydrogen (secondary N) is 1. The monoisotopic (exact) mass is 347 g/mol. The smallest absolute Gasteiger partial charge is 0.138 e. The fourth-order valence-corrected chi connectivity index (χ4v) is 2.71. The number of anilines is 1. The van der Waals surface area contributed by atoms with Gasteiger partial charge in [0.15, 0.2) is 0 Å². The molecule has 4 nitrogen and oxygen atoms in total. The third kappa shape index (κ3) is 5.55. The molecule has 2 aromatic carbocycles. The van der Waals surface area contributed by atoms with Crippen molar-refractivity contribution in [3.63, 3.8) is 0 Å². The summed E-state index contributed by atoms with van der Waals surface area (Å²) in [4.78, 5) is 13.1. The van der Waals surface area contributed by atoms with E-state index < -0.39 is 6.09 Å². The normalized spacial score (nSPS) is 10.3. The molecule has 0 atom stereocenters. The van der Waals surface area contributed by atoms with E-state index in [1.54, 1.807) is 6.07 Å². The van der Waals surface area contributed by atoms with Crippen LogP contribution in [0, 0.1) is 0 Å². The maximum atomic E-state index is 10.8. The zero-order valence-corrected chi connectivity index (χ0v) is 14.9. The molecular weight excluding hydrogens is 324 g/mol. The first kappa shape index (κ1) is 20.0. The Morgan fingerprint density at radius 2 is 1.75 bits per heavy atom. The van der Waals surface area contributed by atoms with Crippen molar-refractivity contribution in [3.8, 4) is 11.1 Å². The van der Waals surface area contributed by atoms with E-state index in [4.69, 9.17) is 0 Å². The van der Waals surface area contributed by atoms with E-state index in [2.05, 4.69) is 36.2 Å². The number of amides is 1. The average Bonchev–Trinajstić information content (AvgIpc) is 2.56. The lowest BCUT2D eigenvalue weighted by molar-refractivity contribution is -0.242. The molecule has 0 radical (unpaired) electrons. The number of carbonyl (C=O) groups excluding carboxylic acids is 1. The Balaban J connectivity index is 0.00000288. The van der Waals surface area contributed by atoms with E-state index >= 15 is 0 Å². The van der Waals surface area contributed by atoms with Gasteiger partial charge in [0, 0.05) is 12.2 Å². The maximum absolute atomic E-state index is 10.8. The Bertz CT molecular complexity index is 643. The maximum Gasteiger partial charge on any atom is 0.138 e. The molecule has 0 saturated carbocycles. The molecule has 0 aliphatic heterocycles. The van der Waals surface area contributed by atoms with Crippen LogP contribution in [-0.2, 0) is 6.42 Å². The first-order valence-corrected chi connectivity index (χ1v) is 8.02. The van der Waals surface area contributed by atoms with E-state index in [1.807, 2.05) is 30.3 Å². The first-order chi connectivity index (χ1) is 11.1. The van der Waals surface area contributed by atoms with Gasteiger partial charge in [-0.3, -0.25) is 0 Å². The van der Waals surface area contributed by atoms with Crippen molar-refractivity contribution >= 4 is 24.2 Å². The zero-order chi connectivity index (χ0) is 16.7. The highest BCUT2D eigenvalue weighted by atomic mass is 35.5. The minimum atomic E-state index is -1.29. The fraction of sp³-hybridized carbons (Fsp3) is 0.316. The summed E-state index contributed by atoms with van der Waals surface area (Å²) >= 11 is 0. The van der Waals surface area contributed by atoms with Crippen molar-refractivity contribution < 1.29 is 9.90 Å². The van der Waals surface area contributed by atoms with Crippen molar-refractivity contribution in [2.75, 3.05) is 25.0 Å². The van der Waals surface area contributed by atoms with Gasteiger partial charge < -0.3 is 20.1 Å². The van der Waals surface area contributed by atoms with Gasteiger partial charge in [-0.15, -0.1) is 12.4 Å². The van der Waals surface area contributed by atoms with Crippen molar-refractivity contribution in [3.05, 3.63) is 54.1 Å². The van der Waals surface area contributed by atoms with Gasteiger partial charge in [0.1, 0.15) is 6.09 Å². The number of halogens is 1. The molecule has 5 heteroatoms. The quantitative estimate of drug-likeness (QED) is 0.835. The number of nitrogens with zero attached hydrogens (tertiary/aromatic N) is 1. The summed E-state index contributed by atoms with van der Waals surface area (Å²) in [6, 6.07) is 15.8. The Morgan fingerprint density at radius 1 is 1.08 bits per heavy atom. The number of carboxylic acid groups (broad SMARTS) is 1. The van der Waals surface area contributed by atoms with Crippen LogP contribution >= 0.6 is 12.4 Å². The summed E-state index contributed by atoms with van der Waals surface area (Å²) in [5, 5.41) is 13.1. The van der Waals surface area contributed by atoms with Crippen molar-refractivity contribution in [1.29, 1.82) is 0 Å². The predicted octanol–water partition coefficient (Wildman–Crippen LogP) is 3.41. The van der Waals surface area contributed by atoms with E-state index in [9.17, 15) is 9.90 Å². The van der Waals surface area contributed by atoms with Gasteiger partial charge in [-0.2, -0.15) is 0 Å². The molecule has 0 bridgehead atoms. The third-order valence-corrected chi connectivity index (χ3v) is 4.03. The lowest BCUT2D eigenvalue weighted by atomic mass is 9.97. The number of carbonyl (C=O) groups is 1. The molecule has 0 unspecified atom stereocenters. The van der Waals surface area contributed by atoms with Gasteiger partial charge in [0.2, 0.25) is 0 Å². The summed E-state index contributed by atoms with van der Waals surface area (Å²) in [7, 11) is 0. The molecule has 0 heterocycles. The molecule has 0 saturated heterocycles. The van der Waals surface area contributed by atoms with Crippen LogP contribution in [0.4, 0.5) is 10.5 Å². The number of benzene rings is 2. The Morgan fingerprint density at radius 3 is 2.33 bits per heavy atom. The van der Waals surface area contributed by atoms with E-state index in [-0.39, 0.29) is 12.4 Å². The van der Waals surface area contributed by atoms with Crippen LogP contribution in [0.2, 0.25) is 0 Å². The molecule has 0 aromatic heterocycles. The minimum Gasteiger partial charge on any atom is -0.530 e. The van der Waals surface area contributed by atoms with E-state index in [0.29, 0.717) is 5.69 Å². The predicted molar refractivity (Wildman–Crippen MR) is 99.6 cm³/mol. The topological polar surface area (TPSA) is 55.4 Å². The van der Waals surface area contributed by atoms with Crippen LogP contribution in [0.1, 0.15) is 19.4 Å². The van der Waals surface area contributed by atoms with E-state index in [0.717, 1.165) is 42.7 Å². The largest absolute Gasteiger partial charge is 0.530 e. The van der Waals surface area contributed by atoms with E-state index in [1.165, 1.54) is 0 Å². The molecule has 130 valence electrons. The second kappa shape index (κ2) is 9.96. The standard InChI is InChI=1S/C19H24N2O2.ClH/c1-3-21(4-2)13-12-16-14-17(20-19(22)23)10-11-18(16)15-8-6-5-7-9-15;/h5-11,14,20H,3-4,12-13H2,1-2H3,(H,22,23);1H/p-1. The summed E-state index contributed by atoms with van der Waals surface area (Å²) in [5.41, 5.74) is 3.97. The second-order valence-corrected chi connectivity index (χ2v) is 5.43. The molecule has 2 rings (SSSR count). The molecule has 24 heavy (non-hydrogen) atoms. The summed E-state index contributed by atoms with van der Waals surface area (Å²) in [6.07, 6.45) is -0.416. The van der Waals surface area contributed by atoms with Gasteiger partial charge >= 0.3 is 0 Å². The molecule has 2 aromatic rings. The fourth-order valence-electron chi connectivity index (χ4n) is 2.71. The van der Waals surface area contributed by atoms with Gasteiger partial charge in [-0.05, 0) is 48.3 Å². The summed E-state index contributed by atoms with van der Waals surface area (Å²) in [6.45, 7) is 7.26. The van der Waals surface area contributed by atoms with Gasteiger partial charge in [-0.1, -0.05) is 50.2 Å². The van der Waals surface area contributed by atoms with Crippen LogP contribution < -0.4 is 10.4 Å². The Hall–Kier alpha value is -2.04.